The second-order valence-electron chi connectivity index (χ2n) is 15.1. The van der Waals surface area contributed by atoms with Gasteiger partial charge in [0.15, 0.2) is 5.65 Å². The molecule has 3 heterocycles. The van der Waals surface area contributed by atoms with Gasteiger partial charge in [-0.05, 0) is 103 Å². The van der Waals surface area contributed by atoms with Gasteiger partial charge in [-0.25, -0.2) is 4.98 Å². The molecule has 12 aromatic rings. The summed E-state index contributed by atoms with van der Waals surface area (Å²) in [4.78, 5) is 5.45. The van der Waals surface area contributed by atoms with Crippen LogP contribution in [0.15, 0.2) is 206 Å². The van der Waals surface area contributed by atoms with E-state index < -0.39 is 0 Å². The zero-order valence-corrected chi connectivity index (χ0v) is 32.2. The zero-order chi connectivity index (χ0) is 38.2. The summed E-state index contributed by atoms with van der Waals surface area (Å²) >= 11 is 1.85. The van der Waals surface area contributed by atoms with Gasteiger partial charge in [0.05, 0.1) is 21.4 Å². The Morgan fingerprint density at radius 1 is 0.362 bits per heavy atom. The van der Waals surface area contributed by atoms with E-state index in [1.807, 2.05) is 11.3 Å². The van der Waals surface area contributed by atoms with Crippen molar-refractivity contribution in [2.45, 2.75) is 0 Å². The van der Waals surface area contributed by atoms with E-state index in [1.54, 1.807) is 0 Å². The molecule has 0 bridgehead atoms. The number of benzene rings is 9. The summed E-state index contributed by atoms with van der Waals surface area (Å²) in [7, 11) is 0. The van der Waals surface area contributed by atoms with E-state index in [0.29, 0.717) is 0 Å². The number of fused-ring (bicyclic) bond motifs is 11. The predicted molar refractivity (Wildman–Crippen MR) is 248 cm³/mol. The molecule has 0 aliphatic rings. The molecule has 9 aromatic carbocycles. The number of hydrogen-bond donors (Lipinski definition) is 0. The van der Waals surface area contributed by atoms with Gasteiger partial charge in [-0.3, -0.25) is 4.40 Å². The van der Waals surface area contributed by atoms with Crippen LogP contribution in [-0.2, 0) is 0 Å². The molecule has 0 saturated carbocycles. The van der Waals surface area contributed by atoms with Crippen molar-refractivity contribution in [3.8, 4) is 55.8 Å². The summed E-state index contributed by atoms with van der Waals surface area (Å²) in [5.41, 5.74) is 15.1. The first-order valence-electron chi connectivity index (χ1n) is 19.8. The monoisotopic (exact) mass is 754 g/mol. The molecule has 0 aliphatic heterocycles. The lowest BCUT2D eigenvalue weighted by molar-refractivity contribution is 1.25. The van der Waals surface area contributed by atoms with Crippen LogP contribution in [0, 0.1) is 0 Å². The van der Waals surface area contributed by atoms with Gasteiger partial charge in [0.25, 0.3) is 0 Å². The Hall–Kier alpha value is -7.33. The van der Waals surface area contributed by atoms with E-state index in [0.717, 1.165) is 27.9 Å². The molecule has 0 radical (unpaired) electrons. The van der Waals surface area contributed by atoms with Crippen LogP contribution in [0.4, 0.5) is 0 Å². The Morgan fingerprint density at radius 2 is 0.845 bits per heavy atom. The normalized spacial score (nSPS) is 11.8. The van der Waals surface area contributed by atoms with Gasteiger partial charge < -0.3 is 0 Å². The molecule has 0 fully saturated rings. The number of thiophene rings is 1. The first-order valence-corrected chi connectivity index (χ1v) is 20.6. The minimum atomic E-state index is 1.01. The SMILES string of the molecule is c1ccc(-c2cc(-c3ccccc3)cc(-c3ccc(-c4ccc(-c5cc6c(sc7ccc8ccccc8c76)c6nc7c8ccccc8ccc7n56)cc4)cc3)c2)cc1. The third-order valence-corrected chi connectivity index (χ3v) is 12.9. The van der Waals surface area contributed by atoms with Crippen molar-refractivity contribution in [2.75, 3.05) is 0 Å². The third kappa shape index (κ3) is 5.28. The van der Waals surface area contributed by atoms with E-state index in [2.05, 4.69) is 211 Å². The molecular weight excluding hydrogens is 721 g/mol. The molecular formula is C55H34N2S. The van der Waals surface area contributed by atoms with Gasteiger partial charge in [-0.2, -0.15) is 0 Å². The molecule has 12 rings (SSSR count). The molecule has 0 amide bonds. The summed E-state index contributed by atoms with van der Waals surface area (Å²) in [6, 6.07) is 75.1. The summed E-state index contributed by atoms with van der Waals surface area (Å²) in [5.74, 6) is 0. The predicted octanol–water partition coefficient (Wildman–Crippen LogP) is 15.5. The van der Waals surface area contributed by atoms with E-state index in [4.69, 9.17) is 4.98 Å². The Balaban J connectivity index is 0.979. The Morgan fingerprint density at radius 3 is 1.47 bits per heavy atom. The molecule has 3 aromatic heterocycles. The van der Waals surface area contributed by atoms with Crippen molar-refractivity contribution < 1.29 is 0 Å². The van der Waals surface area contributed by atoms with Gasteiger partial charge in [0, 0.05) is 20.9 Å². The number of pyridine rings is 1. The number of hydrogen-bond acceptors (Lipinski definition) is 2. The van der Waals surface area contributed by atoms with Crippen molar-refractivity contribution in [3.05, 3.63) is 206 Å². The number of rotatable bonds is 5. The summed E-state index contributed by atoms with van der Waals surface area (Å²) in [5, 5.41) is 7.48. The lowest BCUT2D eigenvalue weighted by atomic mass is 9.92. The van der Waals surface area contributed by atoms with Crippen LogP contribution in [0.2, 0.25) is 0 Å². The highest BCUT2D eigenvalue weighted by molar-refractivity contribution is 7.26. The third-order valence-electron chi connectivity index (χ3n) is 11.8. The smallest absolute Gasteiger partial charge is 0.156 e. The lowest BCUT2D eigenvalue weighted by Gasteiger charge is -2.12. The average Bonchev–Trinajstić information content (AvgIpc) is 3.89. The molecule has 58 heavy (non-hydrogen) atoms. The maximum Gasteiger partial charge on any atom is 0.156 e. The Bertz CT molecular complexity index is 3470. The molecule has 0 unspecified atom stereocenters. The van der Waals surface area contributed by atoms with Crippen LogP contribution in [0.3, 0.4) is 0 Å². The fourth-order valence-electron chi connectivity index (χ4n) is 8.90. The quantitative estimate of drug-likeness (QED) is 0.171. The van der Waals surface area contributed by atoms with Crippen LogP contribution in [-0.4, -0.2) is 9.38 Å². The van der Waals surface area contributed by atoms with Crippen LogP contribution in [0.1, 0.15) is 0 Å². The van der Waals surface area contributed by atoms with Crippen LogP contribution in [0.25, 0.3) is 114 Å². The Labute approximate surface area is 339 Å². The van der Waals surface area contributed by atoms with Gasteiger partial charge >= 0.3 is 0 Å². The van der Waals surface area contributed by atoms with E-state index in [-0.39, 0.29) is 0 Å². The minimum Gasteiger partial charge on any atom is -0.291 e. The highest BCUT2D eigenvalue weighted by Gasteiger charge is 2.20. The fraction of sp³-hybridized carbons (Fsp3) is 0. The standard InChI is InChI=1S/C55H34N2S/c1-3-11-35(12-4-1)43-31-44(36-13-5-2-6-14-36)33-45(32-43)39-21-19-37(20-22-39)38-23-25-42(26-24-38)50-34-48-52-46-17-9-7-15-40(46)28-30-51(52)58-54(48)55-56-53-47-18-10-8-16-41(47)27-29-49(53)57(50)55/h1-34H. The summed E-state index contributed by atoms with van der Waals surface area (Å²) in [6.45, 7) is 0. The molecule has 270 valence electrons. The Kier molecular flexibility index (Phi) is 7.44. The molecule has 3 heteroatoms. The zero-order valence-electron chi connectivity index (χ0n) is 31.4. The van der Waals surface area contributed by atoms with Crippen LogP contribution < -0.4 is 0 Å². The largest absolute Gasteiger partial charge is 0.291 e. The molecule has 0 aliphatic carbocycles. The van der Waals surface area contributed by atoms with Gasteiger partial charge in [-0.15, -0.1) is 11.3 Å². The topological polar surface area (TPSA) is 17.3 Å². The maximum atomic E-state index is 5.45. The van der Waals surface area contributed by atoms with Gasteiger partial charge in [0.1, 0.15) is 0 Å². The van der Waals surface area contributed by atoms with Crippen molar-refractivity contribution in [1.29, 1.82) is 0 Å². The van der Waals surface area contributed by atoms with Crippen LogP contribution in [0.5, 0.6) is 0 Å². The van der Waals surface area contributed by atoms with E-state index >= 15 is 0 Å². The van der Waals surface area contributed by atoms with Gasteiger partial charge in [0.2, 0.25) is 0 Å². The van der Waals surface area contributed by atoms with Gasteiger partial charge in [-0.1, -0.05) is 170 Å². The molecule has 0 spiro atoms. The van der Waals surface area contributed by atoms with Crippen molar-refractivity contribution in [1.82, 2.24) is 9.38 Å². The van der Waals surface area contributed by atoms with Crippen molar-refractivity contribution in [2.24, 2.45) is 0 Å². The average molecular weight is 755 g/mol. The first kappa shape index (κ1) is 32.9. The summed E-state index contributed by atoms with van der Waals surface area (Å²) < 4.78 is 4.89. The number of imidazole rings is 1. The molecule has 0 saturated heterocycles. The number of nitrogens with zero attached hydrogens (tertiary/aromatic N) is 2. The summed E-state index contributed by atoms with van der Waals surface area (Å²) in [6.07, 6.45) is 0. The fourth-order valence-corrected chi connectivity index (χ4v) is 10.1. The molecule has 0 atom stereocenters. The lowest BCUT2D eigenvalue weighted by Crippen LogP contribution is -1.93. The van der Waals surface area contributed by atoms with Crippen LogP contribution >= 0.6 is 11.3 Å². The highest BCUT2D eigenvalue weighted by atomic mass is 32.1. The first-order chi connectivity index (χ1) is 28.7. The minimum absolute atomic E-state index is 1.01. The van der Waals surface area contributed by atoms with Crippen molar-refractivity contribution in [3.63, 3.8) is 0 Å². The highest BCUT2D eigenvalue weighted by Crippen LogP contribution is 2.44. The van der Waals surface area contributed by atoms with Crippen molar-refractivity contribution >= 4 is 69.7 Å². The van der Waals surface area contributed by atoms with E-state index in [1.165, 1.54) is 86.2 Å². The molecule has 0 N–H and O–H groups in total. The second kappa shape index (κ2) is 13.1. The molecule has 2 nitrogen and oxygen atoms in total. The second-order valence-corrected chi connectivity index (χ2v) is 16.2. The van der Waals surface area contributed by atoms with E-state index in [9.17, 15) is 0 Å². The maximum absolute atomic E-state index is 5.45. The number of aromatic nitrogens is 2.